The van der Waals surface area contributed by atoms with Crippen molar-refractivity contribution in [2.24, 2.45) is 0 Å². The number of hydrogen-bond donors (Lipinski definition) is 1. The minimum absolute atomic E-state index is 0.0467. The Balaban J connectivity index is 1.72. The molecule has 0 aromatic heterocycles. The van der Waals surface area contributed by atoms with E-state index in [2.05, 4.69) is 5.32 Å². The number of benzene rings is 2. The zero-order valence-corrected chi connectivity index (χ0v) is 15.0. The first-order valence-corrected chi connectivity index (χ1v) is 9.42. The summed E-state index contributed by atoms with van der Waals surface area (Å²) in [5, 5.41) is 3.05. The number of sulfonamides is 1. The SMILES string of the molecule is O=C(CCN1C(=O)c2ccccc2S1(=O)=O)Nc1c(Cl)cccc1Cl. The number of anilines is 1. The van der Waals surface area contributed by atoms with E-state index in [1.165, 1.54) is 12.1 Å². The van der Waals surface area contributed by atoms with Crippen molar-refractivity contribution in [2.45, 2.75) is 11.3 Å². The van der Waals surface area contributed by atoms with E-state index in [9.17, 15) is 18.0 Å². The number of carbonyl (C=O) groups is 2. The van der Waals surface area contributed by atoms with Crippen molar-refractivity contribution < 1.29 is 18.0 Å². The van der Waals surface area contributed by atoms with Gasteiger partial charge < -0.3 is 5.32 Å². The van der Waals surface area contributed by atoms with Crippen LogP contribution in [-0.2, 0) is 14.8 Å². The number of fused-ring (bicyclic) bond motifs is 1. The van der Waals surface area contributed by atoms with Crippen LogP contribution in [0.1, 0.15) is 16.8 Å². The van der Waals surface area contributed by atoms with Crippen LogP contribution >= 0.6 is 23.2 Å². The van der Waals surface area contributed by atoms with Gasteiger partial charge in [-0.3, -0.25) is 9.59 Å². The number of amides is 2. The molecule has 2 aromatic rings. The lowest BCUT2D eigenvalue weighted by atomic mass is 10.2. The normalized spacial score (nSPS) is 15.1. The summed E-state index contributed by atoms with van der Waals surface area (Å²) in [5.41, 5.74) is 0.354. The van der Waals surface area contributed by atoms with Crippen LogP contribution in [0.25, 0.3) is 0 Å². The minimum atomic E-state index is -3.93. The fourth-order valence-electron chi connectivity index (χ4n) is 2.47. The van der Waals surface area contributed by atoms with E-state index in [-0.39, 0.29) is 39.2 Å². The molecular formula is C16H12Cl2N2O4S. The smallest absolute Gasteiger partial charge is 0.269 e. The molecule has 1 N–H and O–H groups in total. The third-order valence-corrected chi connectivity index (χ3v) is 6.15. The number of carbonyl (C=O) groups excluding carboxylic acids is 2. The minimum Gasteiger partial charge on any atom is -0.323 e. The molecule has 0 bridgehead atoms. The molecular weight excluding hydrogens is 387 g/mol. The van der Waals surface area contributed by atoms with E-state index in [4.69, 9.17) is 23.2 Å². The Labute approximate surface area is 154 Å². The van der Waals surface area contributed by atoms with Gasteiger partial charge >= 0.3 is 0 Å². The van der Waals surface area contributed by atoms with Crippen LogP contribution in [0.15, 0.2) is 47.4 Å². The molecule has 0 spiro atoms. The molecule has 2 aromatic carbocycles. The number of hydrogen-bond acceptors (Lipinski definition) is 4. The maximum atomic E-state index is 12.4. The van der Waals surface area contributed by atoms with Crippen molar-refractivity contribution in [3.63, 3.8) is 0 Å². The summed E-state index contributed by atoms with van der Waals surface area (Å²) >= 11 is 11.9. The van der Waals surface area contributed by atoms with Gasteiger partial charge in [0.1, 0.15) is 4.90 Å². The van der Waals surface area contributed by atoms with Crippen LogP contribution in [0.3, 0.4) is 0 Å². The van der Waals surface area contributed by atoms with E-state index in [1.807, 2.05) is 0 Å². The highest BCUT2D eigenvalue weighted by molar-refractivity contribution is 7.90. The predicted molar refractivity (Wildman–Crippen MR) is 94.4 cm³/mol. The van der Waals surface area contributed by atoms with Gasteiger partial charge in [0.15, 0.2) is 0 Å². The highest BCUT2D eigenvalue weighted by atomic mass is 35.5. The zero-order valence-electron chi connectivity index (χ0n) is 12.7. The summed E-state index contributed by atoms with van der Waals surface area (Å²) in [6.07, 6.45) is -0.222. The van der Waals surface area contributed by atoms with E-state index in [1.54, 1.807) is 30.3 Å². The van der Waals surface area contributed by atoms with E-state index in [0.717, 1.165) is 0 Å². The molecule has 6 nitrogen and oxygen atoms in total. The quantitative estimate of drug-likeness (QED) is 0.856. The average Bonchev–Trinajstić information content (AvgIpc) is 2.76. The first-order valence-electron chi connectivity index (χ1n) is 7.22. The first-order chi connectivity index (χ1) is 11.8. The van der Waals surface area contributed by atoms with Crippen molar-refractivity contribution in [3.05, 3.63) is 58.1 Å². The van der Waals surface area contributed by atoms with Crippen LogP contribution in [0.2, 0.25) is 10.0 Å². The van der Waals surface area contributed by atoms with Gasteiger partial charge in [-0.1, -0.05) is 41.4 Å². The van der Waals surface area contributed by atoms with Gasteiger partial charge in [-0.05, 0) is 24.3 Å². The molecule has 25 heavy (non-hydrogen) atoms. The molecule has 0 aliphatic carbocycles. The molecule has 9 heteroatoms. The van der Waals surface area contributed by atoms with Crippen LogP contribution in [0.5, 0.6) is 0 Å². The van der Waals surface area contributed by atoms with Gasteiger partial charge in [0.05, 0.1) is 21.3 Å². The summed E-state index contributed by atoms with van der Waals surface area (Å²) in [7, 11) is -3.93. The molecule has 3 rings (SSSR count). The van der Waals surface area contributed by atoms with Crippen molar-refractivity contribution in [2.75, 3.05) is 11.9 Å². The third-order valence-electron chi connectivity index (χ3n) is 3.68. The molecule has 0 saturated heterocycles. The molecule has 2 amide bonds. The Morgan fingerprint density at radius 3 is 2.32 bits per heavy atom. The summed E-state index contributed by atoms with van der Waals surface area (Å²) in [5.74, 6) is -1.15. The van der Waals surface area contributed by atoms with E-state index in [0.29, 0.717) is 4.31 Å². The molecule has 130 valence electrons. The number of rotatable bonds is 4. The van der Waals surface area contributed by atoms with Crippen LogP contribution in [0, 0.1) is 0 Å². The van der Waals surface area contributed by atoms with Crippen molar-refractivity contribution in [1.29, 1.82) is 0 Å². The maximum Gasteiger partial charge on any atom is 0.269 e. The summed E-state index contributed by atoms with van der Waals surface area (Å²) in [4.78, 5) is 24.3. The number of para-hydroxylation sites is 1. The van der Waals surface area contributed by atoms with E-state index < -0.39 is 21.8 Å². The summed E-state index contributed by atoms with van der Waals surface area (Å²) < 4.78 is 25.5. The standard InChI is InChI=1S/C16H12Cl2N2O4S/c17-11-5-3-6-12(18)15(11)19-14(21)8-9-20-16(22)10-4-1-2-7-13(10)25(20,23)24/h1-7H,8-9H2,(H,19,21). The number of halogens is 2. The largest absolute Gasteiger partial charge is 0.323 e. The molecule has 1 aliphatic heterocycles. The lowest BCUT2D eigenvalue weighted by Crippen LogP contribution is -2.33. The van der Waals surface area contributed by atoms with Gasteiger partial charge in [0.2, 0.25) is 5.91 Å². The molecule has 1 aliphatic rings. The topological polar surface area (TPSA) is 83.6 Å². The van der Waals surface area contributed by atoms with Crippen LogP contribution in [0.4, 0.5) is 5.69 Å². The maximum absolute atomic E-state index is 12.4. The fraction of sp³-hybridized carbons (Fsp3) is 0.125. The lowest BCUT2D eigenvalue weighted by molar-refractivity contribution is -0.116. The molecule has 0 saturated carbocycles. The zero-order chi connectivity index (χ0) is 18.2. The second-order valence-electron chi connectivity index (χ2n) is 5.27. The Morgan fingerprint density at radius 1 is 1.04 bits per heavy atom. The molecule has 0 unspecified atom stereocenters. The number of nitrogens with zero attached hydrogens (tertiary/aromatic N) is 1. The third kappa shape index (κ3) is 3.22. The molecule has 0 radical (unpaired) electrons. The van der Waals surface area contributed by atoms with Crippen molar-refractivity contribution in [1.82, 2.24) is 4.31 Å². The second kappa shape index (κ2) is 6.67. The van der Waals surface area contributed by atoms with Crippen LogP contribution in [-0.4, -0.2) is 31.1 Å². The van der Waals surface area contributed by atoms with Crippen molar-refractivity contribution in [3.8, 4) is 0 Å². The highest BCUT2D eigenvalue weighted by Gasteiger charge is 2.40. The Hall–Kier alpha value is -2.09. The average molecular weight is 399 g/mol. The van der Waals surface area contributed by atoms with Gasteiger partial charge in [-0.2, -0.15) is 0 Å². The number of nitrogens with one attached hydrogen (secondary N) is 1. The van der Waals surface area contributed by atoms with Gasteiger partial charge in [-0.15, -0.1) is 0 Å². The second-order valence-corrected chi connectivity index (χ2v) is 7.92. The van der Waals surface area contributed by atoms with Crippen molar-refractivity contribution >= 4 is 50.7 Å². The Bertz CT molecular complexity index is 956. The molecule has 0 fully saturated rings. The van der Waals surface area contributed by atoms with Crippen LogP contribution < -0.4 is 5.32 Å². The van der Waals surface area contributed by atoms with Gasteiger partial charge in [0.25, 0.3) is 15.9 Å². The van der Waals surface area contributed by atoms with E-state index >= 15 is 0 Å². The molecule has 0 atom stereocenters. The Morgan fingerprint density at radius 2 is 1.68 bits per heavy atom. The lowest BCUT2D eigenvalue weighted by Gasteiger charge is -2.15. The summed E-state index contributed by atoms with van der Waals surface area (Å²) in [6.45, 7) is -0.274. The fourth-order valence-corrected chi connectivity index (χ4v) is 4.54. The highest BCUT2D eigenvalue weighted by Crippen LogP contribution is 2.31. The molecule has 1 heterocycles. The Kier molecular flexibility index (Phi) is 4.73. The monoisotopic (exact) mass is 398 g/mol. The first kappa shape index (κ1) is 17.7. The van der Waals surface area contributed by atoms with Gasteiger partial charge in [0, 0.05) is 13.0 Å². The summed E-state index contributed by atoms with van der Waals surface area (Å²) in [6, 6.07) is 10.7. The predicted octanol–water partition coefficient (Wildman–Crippen LogP) is 3.17. The van der Waals surface area contributed by atoms with Gasteiger partial charge in [-0.25, -0.2) is 12.7 Å².